The van der Waals surface area contributed by atoms with Crippen molar-refractivity contribution in [2.75, 3.05) is 5.32 Å². The molecule has 29 heavy (non-hydrogen) atoms. The number of hydrogen-bond donors (Lipinski definition) is 2. The molecule has 3 aromatic rings. The van der Waals surface area contributed by atoms with Crippen LogP contribution in [0, 0.1) is 0 Å². The number of rotatable bonds is 8. The zero-order valence-electron chi connectivity index (χ0n) is 16.1. The fourth-order valence-electron chi connectivity index (χ4n) is 2.54. The van der Waals surface area contributed by atoms with E-state index < -0.39 is 15.9 Å². The van der Waals surface area contributed by atoms with Gasteiger partial charge in [-0.1, -0.05) is 18.2 Å². The fraction of sp³-hybridized carbons (Fsp3) is 0.190. The van der Waals surface area contributed by atoms with Gasteiger partial charge in [-0.25, -0.2) is 13.1 Å². The number of benzene rings is 2. The van der Waals surface area contributed by atoms with Crippen LogP contribution < -0.4 is 14.8 Å². The van der Waals surface area contributed by atoms with Crippen LogP contribution >= 0.6 is 0 Å². The second kappa shape index (κ2) is 8.93. The highest BCUT2D eigenvalue weighted by Gasteiger charge is 2.16. The molecule has 0 aliphatic heterocycles. The summed E-state index contributed by atoms with van der Waals surface area (Å²) in [7, 11) is -3.58. The lowest BCUT2D eigenvalue weighted by Crippen LogP contribution is -2.30. The van der Waals surface area contributed by atoms with E-state index in [1.807, 2.05) is 30.3 Å². The van der Waals surface area contributed by atoms with Crippen LogP contribution in [0.25, 0.3) is 0 Å². The molecule has 2 N–H and O–H groups in total. The van der Waals surface area contributed by atoms with Crippen LogP contribution in [-0.2, 0) is 16.6 Å². The highest BCUT2D eigenvalue weighted by atomic mass is 32.2. The largest absolute Gasteiger partial charge is 0.486 e. The number of ether oxygens (including phenoxy) is 1. The van der Waals surface area contributed by atoms with E-state index in [1.54, 1.807) is 26.0 Å². The van der Waals surface area contributed by atoms with E-state index in [9.17, 15) is 13.2 Å². The second-order valence-corrected chi connectivity index (χ2v) is 8.34. The molecule has 8 heteroatoms. The van der Waals surface area contributed by atoms with Gasteiger partial charge in [-0.2, -0.15) is 0 Å². The van der Waals surface area contributed by atoms with E-state index in [2.05, 4.69) is 10.0 Å². The number of carbonyl (C=O) groups is 1. The molecule has 0 unspecified atom stereocenters. The molecule has 1 amide bonds. The number of sulfonamides is 1. The van der Waals surface area contributed by atoms with Crippen LogP contribution in [0.1, 0.15) is 30.2 Å². The Morgan fingerprint density at radius 3 is 2.34 bits per heavy atom. The molecule has 152 valence electrons. The predicted molar refractivity (Wildman–Crippen MR) is 109 cm³/mol. The van der Waals surface area contributed by atoms with E-state index in [0.29, 0.717) is 17.2 Å². The Morgan fingerprint density at radius 2 is 1.69 bits per heavy atom. The number of nitrogens with one attached hydrogen (secondary N) is 2. The molecule has 0 atom stereocenters. The van der Waals surface area contributed by atoms with Gasteiger partial charge < -0.3 is 14.5 Å². The van der Waals surface area contributed by atoms with E-state index in [-0.39, 0.29) is 23.3 Å². The van der Waals surface area contributed by atoms with Crippen LogP contribution in [0.15, 0.2) is 76.0 Å². The minimum absolute atomic E-state index is 0.127. The third kappa shape index (κ3) is 5.69. The van der Waals surface area contributed by atoms with E-state index in [4.69, 9.17) is 9.15 Å². The molecule has 0 spiro atoms. The molecule has 1 heterocycles. The number of carbonyl (C=O) groups excluding carboxylic acids is 1. The standard InChI is InChI=1S/C21H22N2O5S/c1-15(2)23-29(25,26)19-11-8-16(9-12-19)22-21(24)20-13-10-18(28-20)14-27-17-6-4-3-5-7-17/h3-13,15,23H,14H2,1-2H3,(H,22,24). The summed E-state index contributed by atoms with van der Waals surface area (Å²) in [4.78, 5) is 12.5. The van der Waals surface area contributed by atoms with Crippen molar-refractivity contribution in [1.29, 1.82) is 0 Å². The maximum absolute atomic E-state index is 12.4. The topological polar surface area (TPSA) is 97.6 Å². The second-order valence-electron chi connectivity index (χ2n) is 6.62. The van der Waals surface area contributed by atoms with Crippen molar-refractivity contribution < 1.29 is 22.4 Å². The lowest BCUT2D eigenvalue weighted by molar-refractivity contribution is 0.0992. The molecular weight excluding hydrogens is 392 g/mol. The summed E-state index contributed by atoms with van der Waals surface area (Å²) in [6.45, 7) is 3.69. The number of anilines is 1. The van der Waals surface area contributed by atoms with Crippen LogP contribution in [0.5, 0.6) is 5.75 Å². The van der Waals surface area contributed by atoms with Crippen molar-refractivity contribution in [3.8, 4) is 5.75 Å². The molecule has 0 aliphatic rings. The van der Waals surface area contributed by atoms with E-state index in [1.165, 1.54) is 24.3 Å². The fourth-order valence-corrected chi connectivity index (χ4v) is 3.79. The summed E-state index contributed by atoms with van der Waals surface area (Å²) in [6, 6.07) is 18.2. The Balaban J connectivity index is 1.60. The van der Waals surface area contributed by atoms with Crippen LogP contribution in [0.4, 0.5) is 5.69 Å². The van der Waals surface area contributed by atoms with Gasteiger partial charge in [-0.05, 0) is 62.4 Å². The Labute approximate surface area is 169 Å². The van der Waals surface area contributed by atoms with Gasteiger partial charge in [0.2, 0.25) is 10.0 Å². The van der Waals surface area contributed by atoms with Gasteiger partial charge >= 0.3 is 0 Å². The first-order valence-corrected chi connectivity index (χ1v) is 10.5. The Hall–Kier alpha value is -3.10. The summed E-state index contributed by atoms with van der Waals surface area (Å²) in [6.07, 6.45) is 0. The molecule has 0 aliphatic carbocycles. The van der Waals surface area contributed by atoms with E-state index in [0.717, 1.165) is 0 Å². The maximum atomic E-state index is 12.4. The highest BCUT2D eigenvalue weighted by Crippen LogP contribution is 2.17. The van der Waals surface area contributed by atoms with Crippen molar-refractivity contribution in [2.45, 2.75) is 31.4 Å². The maximum Gasteiger partial charge on any atom is 0.291 e. The lowest BCUT2D eigenvalue weighted by Gasteiger charge is -2.10. The van der Waals surface area contributed by atoms with Crippen molar-refractivity contribution in [3.63, 3.8) is 0 Å². The van der Waals surface area contributed by atoms with Gasteiger partial charge in [0, 0.05) is 11.7 Å². The predicted octanol–water partition coefficient (Wildman–Crippen LogP) is 3.80. The molecule has 3 rings (SSSR count). The summed E-state index contributed by atoms with van der Waals surface area (Å²) in [5.41, 5.74) is 0.456. The minimum atomic E-state index is -3.58. The summed E-state index contributed by atoms with van der Waals surface area (Å²) >= 11 is 0. The number of furan rings is 1. The van der Waals surface area contributed by atoms with Gasteiger partial charge in [-0.15, -0.1) is 0 Å². The molecule has 7 nitrogen and oxygen atoms in total. The molecule has 0 radical (unpaired) electrons. The smallest absolute Gasteiger partial charge is 0.291 e. The molecule has 1 aromatic heterocycles. The van der Waals surface area contributed by atoms with Crippen molar-refractivity contribution in [1.82, 2.24) is 4.72 Å². The first-order chi connectivity index (χ1) is 13.8. The molecule has 0 bridgehead atoms. The molecule has 0 fully saturated rings. The normalized spacial score (nSPS) is 11.4. The Bertz CT molecular complexity index is 1060. The summed E-state index contributed by atoms with van der Waals surface area (Å²) in [5, 5.41) is 2.68. The average Bonchev–Trinajstić information content (AvgIpc) is 3.16. The zero-order chi connectivity index (χ0) is 20.9. The molecule has 0 saturated carbocycles. The summed E-state index contributed by atoms with van der Waals surface area (Å²) in [5.74, 6) is 0.916. The van der Waals surface area contributed by atoms with Crippen molar-refractivity contribution in [2.24, 2.45) is 0 Å². The Morgan fingerprint density at radius 1 is 1.00 bits per heavy atom. The third-order valence-electron chi connectivity index (χ3n) is 3.82. The highest BCUT2D eigenvalue weighted by molar-refractivity contribution is 7.89. The number of amides is 1. The molecule has 0 saturated heterocycles. The molecule has 2 aromatic carbocycles. The van der Waals surface area contributed by atoms with Crippen molar-refractivity contribution >= 4 is 21.6 Å². The average molecular weight is 414 g/mol. The third-order valence-corrected chi connectivity index (χ3v) is 5.50. The zero-order valence-corrected chi connectivity index (χ0v) is 16.9. The Kier molecular flexibility index (Phi) is 6.36. The van der Waals surface area contributed by atoms with Gasteiger partial charge in [0.05, 0.1) is 4.90 Å². The van der Waals surface area contributed by atoms with Gasteiger partial charge in [-0.3, -0.25) is 4.79 Å². The lowest BCUT2D eigenvalue weighted by atomic mass is 10.3. The first kappa shape index (κ1) is 20.6. The van der Waals surface area contributed by atoms with Crippen LogP contribution in [0.3, 0.4) is 0 Å². The van der Waals surface area contributed by atoms with Gasteiger partial charge in [0.25, 0.3) is 5.91 Å². The first-order valence-electron chi connectivity index (χ1n) is 9.04. The number of hydrogen-bond acceptors (Lipinski definition) is 5. The van der Waals surface area contributed by atoms with Gasteiger partial charge in [0.1, 0.15) is 18.1 Å². The van der Waals surface area contributed by atoms with Crippen LogP contribution in [-0.4, -0.2) is 20.4 Å². The summed E-state index contributed by atoms with van der Waals surface area (Å²) < 4.78 is 37.9. The van der Waals surface area contributed by atoms with Gasteiger partial charge in [0.15, 0.2) is 5.76 Å². The van der Waals surface area contributed by atoms with Crippen molar-refractivity contribution in [3.05, 3.63) is 78.3 Å². The molecular formula is C21H22N2O5S. The quantitative estimate of drug-likeness (QED) is 0.584. The van der Waals surface area contributed by atoms with E-state index >= 15 is 0 Å². The SMILES string of the molecule is CC(C)NS(=O)(=O)c1ccc(NC(=O)c2ccc(COc3ccccc3)o2)cc1. The minimum Gasteiger partial charge on any atom is -0.486 e. The monoisotopic (exact) mass is 414 g/mol. The number of para-hydroxylation sites is 1. The van der Waals surface area contributed by atoms with Crippen LogP contribution in [0.2, 0.25) is 0 Å².